The van der Waals surface area contributed by atoms with Crippen LogP contribution in [0.3, 0.4) is 0 Å². The Morgan fingerprint density at radius 3 is 2.85 bits per heavy atom. The van der Waals surface area contributed by atoms with E-state index < -0.39 is 10.9 Å². The molecule has 6 heteroatoms. The number of allylic oxidation sites excluding steroid dienone is 1. The molecule has 0 bridgehead atoms. The smallest absolute Gasteiger partial charge is 0.342 e. The SMILES string of the molecule is O=C(O)c1cccc(NCCC2=CCCC2)c1[N+](=O)[O-]. The zero-order valence-electron chi connectivity index (χ0n) is 11.0. The molecule has 0 heterocycles. The molecule has 1 aliphatic carbocycles. The van der Waals surface area contributed by atoms with Gasteiger partial charge in [0.05, 0.1) is 4.92 Å². The summed E-state index contributed by atoms with van der Waals surface area (Å²) in [6.45, 7) is 0.565. The zero-order chi connectivity index (χ0) is 14.5. The van der Waals surface area contributed by atoms with E-state index >= 15 is 0 Å². The summed E-state index contributed by atoms with van der Waals surface area (Å²) in [5.74, 6) is -1.29. The van der Waals surface area contributed by atoms with E-state index in [9.17, 15) is 14.9 Å². The molecule has 0 saturated carbocycles. The molecule has 0 spiro atoms. The van der Waals surface area contributed by atoms with Gasteiger partial charge < -0.3 is 10.4 Å². The van der Waals surface area contributed by atoms with E-state index in [4.69, 9.17) is 5.11 Å². The maximum Gasteiger partial charge on any atom is 0.342 e. The molecule has 20 heavy (non-hydrogen) atoms. The highest BCUT2D eigenvalue weighted by atomic mass is 16.6. The maximum atomic E-state index is 11.1. The van der Waals surface area contributed by atoms with Gasteiger partial charge in [0.2, 0.25) is 0 Å². The molecule has 6 nitrogen and oxygen atoms in total. The molecule has 0 amide bonds. The van der Waals surface area contributed by atoms with Gasteiger partial charge in [0, 0.05) is 6.54 Å². The maximum absolute atomic E-state index is 11.1. The predicted octanol–water partition coefficient (Wildman–Crippen LogP) is 3.21. The largest absolute Gasteiger partial charge is 0.477 e. The molecule has 1 aromatic rings. The van der Waals surface area contributed by atoms with E-state index in [0.717, 1.165) is 19.3 Å². The molecule has 106 valence electrons. The molecule has 2 rings (SSSR count). The number of hydrogen-bond donors (Lipinski definition) is 2. The minimum Gasteiger partial charge on any atom is -0.477 e. The lowest BCUT2D eigenvalue weighted by atomic mass is 10.1. The van der Waals surface area contributed by atoms with Crippen molar-refractivity contribution in [3.63, 3.8) is 0 Å². The summed E-state index contributed by atoms with van der Waals surface area (Å²) < 4.78 is 0. The van der Waals surface area contributed by atoms with Crippen molar-refractivity contribution < 1.29 is 14.8 Å². The van der Waals surface area contributed by atoms with Crippen molar-refractivity contribution in [1.82, 2.24) is 0 Å². The number of carbonyl (C=O) groups is 1. The second-order valence-electron chi connectivity index (χ2n) is 4.70. The number of nitrogens with one attached hydrogen (secondary N) is 1. The predicted molar refractivity (Wildman–Crippen MR) is 75.1 cm³/mol. The Hall–Kier alpha value is -2.37. The van der Waals surface area contributed by atoms with Crippen molar-refractivity contribution >= 4 is 17.3 Å². The zero-order valence-corrected chi connectivity index (χ0v) is 11.0. The fraction of sp³-hybridized carbons (Fsp3) is 0.357. The molecule has 0 saturated heterocycles. The minimum absolute atomic E-state index is 0.258. The Balaban J connectivity index is 2.12. The van der Waals surface area contributed by atoms with Crippen molar-refractivity contribution in [2.45, 2.75) is 25.7 Å². The number of aromatic carboxylic acids is 1. The summed E-state index contributed by atoms with van der Waals surface area (Å²) in [5.41, 5.74) is 0.948. The third-order valence-electron chi connectivity index (χ3n) is 3.35. The van der Waals surface area contributed by atoms with Gasteiger partial charge in [-0.15, -0.1) is 0 Å². The van der Waals surface area contributed by atoms with Gasteiger partial charge in [0.25, 0.3) is 0 Å². The van der Waals surface area contributed by atoms with Crippen LogP contribution in [0.4, 0.5) is 11.4 Å². The number of nitro groups is 1. The minimum atomic E-state index is -1.29. The van der Waals surface area contributed by atoms with Gasteiger partial charge in [-0.1, -0.05) is 17.7 Å². The summed E-state index contributed by atoms with van der Waals surface area (Å²) >= 11 is 0. The lowest BCUT2D eigenvalue weighted by Crippen LogP contribution is -2.09. The number of benzene rings is 1. The summed E-state index contributed by atoms with van der Waals surface area (Å²) in [7, 11) is 0. The van der Waals surface area contributed by atoms with Crippen LogP contribution in [0.25, 0.3) is 0 Å². The normalized spacial score (nSPS) is 13.9. The van der Waals surface area contributed by atoms with Crippen molar-refractivity contribution in [2.24, 2.45) is 0 Å². The Morgan fingerprint density at radius 2 is 2.25 bits per heavy atom. The first-order chi connectivity index (χ1) is 9.59. The number of carboxylic acids is 1. The first-order valence-corrected chi connectivity index (χ1v) is 6.52. The molecular formula is C14H16N2O4. The van der Waals surface area contributed by atoms with Crippen molar-refractivity contribution in [1.29, 1.82) is 0 Å². The summed E-state index contributed by atoms with van der Waals surface area (Å²) in [5, 5.41) is 23.0. The highest BCUT2D eigenvalue weighted by Gasteiger charge is 2.23. The second-order valence-corrected chi connectivity index (χ2v) is 4.70. The number of carboxylic acid groups (broad SMARTS) is 1. The van der Waals surface area contributed by atoms with Gasteiger partial charge >= 0.3 is 11.7 Å². The lowest BCUT2D eigenvalue weighted by Gasteiger charge is -2.09. The third kappa shape index (κ3) is 3.14. The van der Waals surface area contributed by atoms with Gasteiger partial charge in [-0.2, -0.15) is 0 Å². The molecule has 1 aromatic carbocycles. The molecule has 0 radical (unpaired) electrons. The molecule has 0 aliphatic heterocycles. The number of nitrogens with zero attached hydrogens (tertiary/aromatic N) is 1. The molecule has 0 atom stereocenters. The molecule has 0 aromatic heterocycles. The molecule has 1 aliphatic rings. The molecule has 0 fully saturated rings. The van der Waals surface area contributed by atoms with Gasteiger partial charge in [-0.05, 0) is 37.8 Å². The van der Waals surface area contributed by atoms with Gasteiger partial charge in [0.15, 0.2) is 0 Å². The quantitative estimate of drug-likeness (QED) is 0.473. The Labute approximate surface area is 116 Å². The summed E-state index contributed by atoms with van der Waals surface area (Å²) in [6.07, 6.45) is 6.38. The first-order valence-electron chi connectivity index (χ1n) is 6.52. The average Bonchev–Trinajstić information content (AvgIpc) is 2.91. The van der Waals surface area contributed by atoms with E-state index in [1.54, 1.807) is 0 Å². The Bertz CT molecular complexity index is 566. The first kappa shape index (κ1) is 14.0. The Kier molecular flexibility index (Phi) is 4.34. The van der Waals surface area contributed by atoms with E-state index in [0.29, 0.717) is 6.54 Å². The standard InChI is InChI=1S/C14H16N2O4/c17-14(18)11-6-3-7-12(13(11)16(19)20)15-9-8-10-4-1-2-5-10/h3-4,6-7,15H,1-2,5,8-9H2,(H,17,18). The number of nitro benzene ring substituents is 1. The van der Waals surface area contributed by atoms with Gasteiger partial charge in [0.1, 0.15) is 11.3 Å². The summed E-state index contributed by atoms with van der Waals surface area (Å²) in [6, 6.07) is 4.28. The van der Waals surface area contributed by atoms with E-state index in [2.05, 4.69) is 11.4 Å². The molecular weight excluding hydrogens is 260 g/mol. The monoisotopic (exact) mass is 276 g/mol. The summed E-state index contributed by atoms with van der Waals surface area (Å²) in [4.78, 5) is 21.4. The van der Waals surface area contributed by atoms with E-state index in [-0.39, 0.29) is 16.9 Å². The fourth-order valence-corrected chi connectivity index (χ4v) is 2.38. The van der Waals surface area contributed by atoms with Crippen molar-refractivity contribution in [3.8, 4) is 0 Å². The highest BCUT2D eigenvalue weighted by molar-refractivity contribution is 5.95. The number of para-hydroxylation sites is 1. The van der Waals surface area contributed by atoms with Crippen LogP contribution in [0, 0.1) is 10.1 Å². The third-order valence-corrected chi connectivity index (χ3v) is 3.35. The van der Waals surface area contributed by atoms with Crippen LogP contribution in [0.2, 0.25) is 0 Å². The topological polar surface area (TPSA) is 92.5 Å². The van der Waals surface area contributed by atoms with Crippen molar-refractivity contribution in [3.05, 3.63) is 45.5 Å². The Morgan fingerprint density at radius 1 is 1.45 bits per heavy atom. The van der Waals surface area contributed by atoms with Crippen LogP contribution < -0.4 is 5.32 Å². The van der Waals surface area contributed by atoms with E-state index in [1.807, 2.05) is 0 Å². The van der Waals surface area contributed by atoms with Gasteiger partial charge in [-0.3, -0.25) is 10.1 Å². The van der Waals surface area contributed by atoms with Gasteiger partial charge in [-0.25, -0.2) is 4.79 Å². The molecule has 0 unspecified atom stereocenters. The van der Waals surface area contributed by atoms with E-state index in [1.165, 1.54) is 30.2 Å². The number of rotatable bonds is 6. The lowest BCUT2D eigenvalue weighted by molar-refractivity contribution is -0.384. The average molecular weight is 276 g/mol. The fourth-order valence-electron chi connectivity index (χ4n) is 2.38. The van der Waals surface area contributed by atoms with Crippen LogP contribution in [0.5, 0.6) is 0 Å². The second kappa shape index (κ2) is 6.18. The van der Waals surface area contributed by atoms with Crippen LogP contribution in [-0.2, 0) is 0 Å². The van der Waals surface area contributed by atoms with Crippen LogP contribution in [-0.4, -0.2) is 22.5 Å². The highest BCUT2D eigenvalue weighted by Crippen LogP contribution is 2.29. The van der Waals surface area contributed by atoms with Crippen molar-refractivity contribution in [2.75, 3.05) is 11.9 Å². The number of anilines is 1. The number of hydrogen-bond acceptors (Lipinski definition) is 4. The molecule has 2 N–H and O–H groups in total. The van der Waals surface area contributed by atoms with Crippen LogP contribution in [0.1, 0.15) is 36.0 Å². The van der Waals surface area contributed by atoms with Crippen LogP contribution in [0.15, 0.2) is 29.8 Å². The van der Waals surface area contributed by atoms with Crippen LogP contribution >= 0.6 is 0 Å².